The van der Waals surface area contributed by atoms with Gasteiger partial charge in [0.2, 0.25) is 11.8 Å². The van der Waals surface area contributed by atoms with Crippen molar-refractivity contribution >= 4 is 20.0 Å². The highest BCUT2D eigenvalue weighted by Crippen LogP contribution is 2.38. The van der Waals surface area contributed by atoms with Crippen LogP contribution >= 0.6 is 0 Å². The van der Waals surface area contributed by atoms with E-state index in [0.717, 1.165) is 38.6 Å². The van der Waals surface area contributed by atoms with Gasteiger partial charge in [-0.05, 0) is 56.9 Å². The molecule has 4 nitrogen and oxygen atoms in total. The highest BCUT2D eigenvalue weighted by molar-refractivity contribution is 6.77. The molecule has 0 aromatic rings. The zero-order valence-electron chi connectivity index (χ0n) is 14.9. The monoisotopic (exact) mass is 336 g/mol. The van der Waals surface area contributed by atoms with Gasteiger partial charge >= 0.3 is 0 Å². The van der Waals surface area contributed by atoms with Gasteiger partial charge in [0.1, 0.15) is 8.24 Å². The molecule has 2 aliphatic heterocycles. The predicted octanol–water partition coefficient (Wildman–Crippen LogP) is 3.24. The fourth-order valence-electron chi connectivity index (χ4n) is 5.27. The number of fused-ring (bicyclic) bond motifs is 1. The van der Waals surface area contributed by atoms with Crippen LogP contribution in [0.5, 0.6) is 0 Å². The summed E-state index contributed by atoms with van der Waals surface area (Å²) in [5, 5.41) is 0. The Bertz CT molecular complexity index is 440. The van der Waals surface area contributed by atoms with Gasteiger partial charge in [0.25, 0.3) is 0 Å². The number of amides is 2. The molecule has 3 aliphatic rings. The van der Waals surface area contributed by atoms with E-state index >= 15 is 0 Å². The molecule has 0 aromatic carbocycles. The van der Waals surface area contributed by atoms with Crippen LogP contribution in [0.1, 0.15) is 52.4 Å². The van der Waals surface area contributed by atoms with Gasteiger partial charge < -0.3 is 4.57 Å². The van der Waals surface area contributed by atoms with Gasteiger partial charge in [0.15, 0.2) is 0 Å². The summed E-state index contributed by atoms with van der Waals surface area (Å²) in [6.45, 7) is 7.68. The highest BCUT2D eigenvalue weighted by atomic mass is 28.3. The molecule has 3 rings (SSSR count). The minimum Gasteiger partial charge on any atom is -0.323 e. The third-order valence-corrected chi connectivity index (χ3v) is 12.5. The number of imide groups is 1. The lowest BCUT2D eigenvalue weighted by molar-refractivity contribution is -0.139. The predicted molar refractivity (Wildman–Crippen MR) is 94.5 cm³/mol. The highest BCUT2D eigenvalue weighted by Gasteiger charge is 2.48. The van der Waals surface area contributed by atoms with Crippen molar-refractivity contribution in [2.24, 2.45) is 11.8 Å². The first-order valence-corrected chi connectivity index (χ1v) is 12.3. The molecule has 0 aromatic heterocycles. The first kappa shape index (κ1) is 17.2. The lowest BCUT2D eigenvalue weighted by Crippen LogP contribution is -2.48. The topological polar surface area (TPSA) is 40.6 Å². The molecule has 0 spiro atoms. The van der Waals surface area contributed by atoms with Crippen molar-refractivity contribution in [3.63, 3.8) is 0 Å². The first-order chi connectivity index (χ1) is 11.1. The van der Waals surface area contributed by atoms with E-state index in [-0.39, 0.29) is 23.7 Å². The normalized spacial score (nSPS) is 31.0. The maximum absolute atomic E-state index is 12.5. The quantitative estimate of drug-likeness (QED) is 0.552. The second kappa shape index (κ2) is 7.05. The van der Waals surface area contributed by atoms with Crippen molar-refractivity contribution < 1.29 is 9.59 Å². The number of rotatable bonds is 6. The average Bonchev–Trinajstić information content (AvgIpc) is 3.10. The van der Waals surface area contributed by atoms with Gasteiger partial charge in [-0.1, -0.05) is 26.7 Å². The Labute approximate surface area is 141 Å². The maximum atomic E-state index is 12.5. The Morgan fingerprint density at radius 2 is 1.57 bits per heavy atom. The molecule has 2 unspecified atom stereocenters. The summed E-state index contributed by atoms with van der Waals surface area (Å²) in [5.41, 5.74) is 0. The van der Waals surface area contributed by atoms with Crippen molar-refractivity contribution in [1.82, 2.24) is 9.47 Å². The molecule has 0 N–H and O–H groups in total. The molecule has 0 radical (unpaired) electrons. The van der Waals surface area contributed by atoms with Crippen LogP contribution in [0.3, 0.4) is 0 Å². The Kier molecular flexibility index (Phi) is 5.26. The molecule has 2 heterocycles. The summed E-state index contributed by atoms with van der Waals surface area (Å²) in [6, 6.07) is 4.12. The third-order valence-electron chi connectivity index (χ3n) is 6.80. The van der Waals surface area contributed by atoms with E-state index in [0.29, 0.717) is 6.54 Å². The Morgan fingerprint density at radius 3 is 2.13 bits per heavy atom. The molecular formula is C18H32N2O2Si. The third kappa shape index (κ3) is 3.02. The molecule has 0 bridgehead atoms. The summed E-state index contributed by atoms with van der Waals surface area (Å²) in [6.07, 6.45) is 6.40. The van der Waals surface area contributed by atoms with Gasteiger partial charge in [-0.25, -0.2) is 0 Å². The average molecular weight is 337 g/mol. The smallest absolute Gasteiger partial charge is 0.233 e. The minimum absolute atomic E-state index is 0.0165. The fourth-order valence-corrected chi connectivity index (χ4v) is 9.76. The first-order valence-electron chi connectivity index (χ1n) is 9.73. The molecule has 3 fully saturated rings. The summed E-state index contributed by atoms with van der Waals surface area (Å²) >= 11 is 0. The molecule has 23 heavy (non-hydrogen) atoms. The van der Waals surface area contributed by atoms with E-state index in [1.165, 1.54) is 31.1 Å². The summed E-state index contributed by atoms with van der Waals surface area (Å²) in [7, 11) is -1.21. The molecule has 2 amide bonds. The van der Waals surface area contributed by atoms with Crippen molar-refractivity contribution in [3.8, 4) is 0 Å². The summed E-state index contributed by atoms with van der Waals surface area (Å²) in [5.74, 6) is 0.303. The van der Waals surface area contributed by atoms with Crippen LogP contribution in [0.4, 0.5) is 0 Å². The number of hydrogen-bond donors (Lipinski definition) is 0. The standard InChI is InChI=1S/C18H32N2O2Si/c1-3-23(4-2)14-8-12-19(23)11-7-13-20-17(21)15-9-5-6-10-16(15)18(20)22/h15-16H,3-14H2,1-2H3. The summed E-state index contributed by atoms with van der Waals surface area (Å²) in [4.78, 5) is 26.6. The Balaban J connectivity index is 1.54. The lowest BCUT2D eigenvalue weighted by atomic mass is 9.81. The zero-order chi connectivity index (χ0) is 16.4. The molecular weight excluding hydrogens is 304 g/mol. The fraction of sp³-hybridized carbons (Fsp3) is 0.889. The van der Waals surface area contributed by atoms with Crippen molar-refractivity contribution in [2.75, 3.05) is 19.6 Å². The number of carbonyl (C=O) groups excluding carboxylic acids is 2. The van der Waals surface area contributed by atoms with Crippen LogP contribution < -0.4 is 0 Å². The van der Waals surface area contributed by atoms with Gasteiger partial charge in [0.05, 0.1) is 11.8 Å². The van der Waals surface area contributed by atoms with E-state index in [2.05, 4.69) is 18.4 Å². The maximum Gasteiger partial charge on any atom is 0.233 e. The van der Waals surface area contributed by atoms with E-state index in [9.17, 15) is 9.59 Å². The molecule has 5 heteroatoms. The van der Waals surface area contributed by atoms with Crippen molar-refractivity contribution in [3.05, 3.63) is 0 Å². The SMILES string of the molecule is CC[Si]1(CC)CCCN1CCCN1C(=O)C2CCCCC2C1=O. The second-order valence-corrected chi connectivity index (χ2v) is 12.7. The zero-order valence-corrected chi connectivity index (χ0v) is 15.9. The van der Waals surface area contributed by atoms with Crippen LogP contribution in [0.2, 0.25) is 18.1 Å². The Morgan fingerprint density at radius 1 is 0.957 bits per heavy atom. The van der Waals surface area contributed by atoms with Crippen LogP contribution in [0.25, 0.3) is 0 Å². The number of nitrogens with zero attached hydrogens (tertiary/aromatic N) is 2. The number of likely N-dealkylation sites (tertiary alicyclic amines) is 1. The number of hydrogen-bond acceptors (Lipinski definition) is 3. The van der Waals surface area contributed by atoms with Crippen LogP contribution in [-0.4, -0.2) is 49.1 Å². The largest absolute Gasteiger partial charge is 0.323 e. The second-order valence-electron chi connectivity index (χ2n) is 7.70. The van der Waals surface area contributed by atoms with Crippen molar-refractivity contribution in [2.45, 2.75) is 70.5 Å². The van der Waals surface area contributed by atoms with E-state index in [1.54, 1.807) is 4.90 Å². The van der Waals surface area contributed by atoms with Gasteiger partial charge in [-0.3, -0.25) is 14.5 Å². The van der Waals surface area contributed by atoms with Crippen molar-refractivity contribution in [1.29, 1.82) is 0 Å². The van der Waals surface area contributed by atoms with E-state index < -0.39 is 8.24 Å². The number of carbonyl (C=O) groups is 2. The Hall–Kier alpha value is -0.683. The summed E-state index contributed by atoms with van der Waals surface area (Å²) < 4.78 is 2.76. The molecule has 2 saturated heterocycles. The lowest BCUT2D eigenvalue weighted by Gasteiger charge is -2.35. The molecule has 2 atom stereocenters. The molecule has 1 aliphatic carbocycles. The van der Waals surface area contributed by atoms with Crippen LogP contribution in [-0.2, 0) is 9.59 Å². The van der Waals surface area contributed by atoms with E-state index in [4.69, 9.17) is 0 Å². The van der Waals surface area contributed by atoms with Crippen LogP contribution in [0, 0.1) is 11.8 Å². The van der Waals surface area contributed by atoms with Crippen LogP contribution in [0.15, 0.2) is 0 Å². The van der Waals surface area contributed by atoms with Gasteiger partial charge in [0, 0.05) is 6.54 Å². The molecule has 1 saturated carbocycles. The van der Waals surface area contributed by atoms with Gasteiger partial charge in [-0.15, -0.1) is 0 Å². The molecule has 130 valence electrons. The van der Waals surface area contributed by atoms with E-state index in [1.807, 2.05) is 0 Å². The van der Waals surface area contributed by atoms with Gasteiger partial charge in [-0.2, -0.15) is 0 Å². The minimum atomic E-state index is -1.21.